The molecule has 0 radical (unpaired) electrons. The Hall–Kier alpha value is -3.09. The van der Waals surface area contributed by atoms with Gasteiger partial charge in [-0.3, -0.25) is 4.79 Å². The number of anilines is 1. The Labute approximate surface area is 119 Å². The number of hydrogen-bond acceptors (Lipinski definition) is 5. The number of furan rings is 1. The molecule has 7 heteroatoms. The first-order chi connectivity index (χ1) is 10.1. The van der Waals surface area contributed by atoms with Gasteiger partial charge in [-0.1, -0.05) is 0 Å². The van der Waals surface area contributed by atoms with Gasteiger partial charge >= 0.3 is 11.9 Å². The van der Waals surface area contributed by atoms with Gasteiger partial charge in [-0.15, -0.1) is 0 Å². The number of amides is 1. The van der Waals surface area contributed by atoms with Crippen molar-refractivity contribution in [3.8, 4) is 0 Å². The largest absolute Gasteiger partial charge is 0.478 e. The minimum Gasteiger partial charge on any atom is -0.478 e. The molecule has 0 fully saturated rings. The zero-order chi connectivity index (χ0) is 15.2. The van der Waals surface area contributed by atoms with E-state index in [9.17, 15) is 14.4 Å². The van der Waals surface area contributed by atoms with Gasteiger partial charge < -0.3 is 19.6 Å². The Kier molecular flexibility index (Phi) is 4.35. The maximum atomic E-state index is 11.6. The summed E-state index contributed by atoms with van der Waals surface area (Å²) in [4.78, 5) is 33.7. The number of carboxylic acids is 1. The minimum absolute atomic E-state index is 0.00797. The van der Waals surface area contributed by atoms with E-state index >= 15 is 0 Å². The van der Waals surface area contributed by atoms with Gasteiger partial charge in [0.1, 0.15) is 0 Å². The summed E-state index contributed by atoms with van der Waals surface area (Å²) in [5, 5.41) is 11.2. The third kappa shape index (κ3) is 3.93. The minimum atomic E-state index is -1.06. The number of esters is 1. The molecule has 2 aromatic rings. The Bertz CT molecular complexity index is 645. The quantitative estimate of drug-likeness (QED) is 0.812. The number of rotatable bonds is 5. The molecule has 0 bridgehead atoms. The molecule has 1 aromatic carbocycles. The molecule has 0 spiro atoms. The van der Waals surface area contributed by atoms with Gasteiger partial charge in [0.15, 0.2) is 6.61 Å². The molecule has 0 aliphatic heterocycles. The van der Waals surface area contributed by atoms with Crippen molar-refractivity contribution in [1.82, 2.24) is 0 Å². The molecule has 7 nitrogen and oxygen atoms in total. The number of aromatic carboxylic acids is 1. The highest BCUT2D eigenvalue weighted by Gasteiger charge is 2.12. The Balaban J connectivity index is 1.84. The van der Waals surface area contributed by atoms with Crippen LogP contribution in [0.3, 0.4) is 0 Å². The average Bonchev–Trinajstić information content (AvgIpc) is 2.99. The highest BCUT2D eigenvalue weighted by molar-refractivity contribution is 5.95. The smallest absolute Gasteiger partial charge is 0.374 e. The number of benzene rings is 1. The number of carbonyl (C=O) groups is 3. The highest BCUT2D eigenvalue weighted by Crippen LogP contribution is 2.09. The van der Waals surface area contributed by atoms with Crippen LogP contribution in [0, 0.1) is 0 Å². The molecule has 0 atom stereocenters. The first-order valence-electron chi connectivity index (χ1n) is 5.90. The molecule has 0 aliphatic rings. The van der Waals surface area contributed by atoms with Crippen LogP contribution in [0.15, 0.2) is 47.1 Å². The van der Waals surface area contributed by atoms with E-state index in [1.54, 1.807) is 0 Å². The molecule has 0 saturated heterocycles. The van der Waals surface area contributed by atoms with E-state index in [4.69, 9.17) is 14.3 Å². The van der Waals surface area contributed by atoms with Crippen LogP contribution in [0.25, 0.3) is 0 Å². The van der Waals surface area contributed by atoms with E-state index in [-0.39, 0.29) is 11.3 Å². The van der Waals surface area contributed by atoms with E-state index in [1.165, 1.54) is 42.7 Å². The zero-order valence-electron chi connectivity index (χ0n) is 10.7. The first kappa shape index (κ1) is 14.3. The van der Waals surface area contributed by atoms with Crippen molar-refractivity contribution in [2.75, 3.05) is 11.9 Å². The molecule has 0 saturated carbocycles. The second-order valence-corrected chi connectivity index (χ2v) is 3.98. The van der Waals surface area contributed by atoms with Crippen molar-refractivity contribution in [2.24, 2.45) is 0 Å². The molecule has 0 aliphatic carbocycles. The van der Waals surface area contributed by atoms with E-state index in [0.29, 0.717) is 5.69 Å². The van der Waals surface area contributed by atoms with Gasteiger partial charge in [-0.2, -0.15) is 0 Å². The van der Waals surface area contributed by atoms with E-state index < -0.39 is 24.5 Å². The van der Waals surface area contributed by atoms with Gasteiger partial charge in [-0.25, -0.2) is 9.59 Å². The van der Waals surface area contributed by atoms with E-state index in [2.05, 4.69) is 5.32 Å². The number of carbonyl (C=O) groups excluding carboxylic acids is 2. The van der Waals surface area contributed by atoms with Gasteiger partial charge in [0.05, 0.1) is 11.8 Å². The monoisotopic (exact) mass is 289 g/mol. The molecule has 21 heavy (non-hydrogen) atoms. The molecular formula is C14H11NO6. The van der Waals surface area contributed by atoms with E-state index in [1.807, 2.05) is 0 Å². The lowest BCUT2D eigenvalue weighted by atomic mass is 10.2. The van der Waals surface area contributed by atoms with Crippen molar-refractivity contribution in [3.05, 3.63) is 54.0 Å². The Morgan fingerprint density at radius 1 is 1.14 bits per heavy atom. The van der Waals surface area contributed by atoms with Crippen LogP contribution in [0.5, 0.6) is 0 Å². The molecule has 1 aromatic heterocycles. The summed E-state index contributed by atoms with van der Waals surface area (Å²) in [6.07, 6.45) is 1.32. The summed E-state index contributed by atoms with van der Waals surface area (Å²) in [6.45, 7) is -0.472. The SMILES string of the molecule is O=C(COC(=O)c1ccco1)Nc1ccc(C(=O)O)cc1. The summed E-state index contributed by atoms with van der Waals surface area (Å²) >= 11 is 0. The fourth-order valence-corrected chi connectivity index (χ4v) is 1.49. The maximum Gasteiger partial charge on any atom is 0.374 e. The second kappa shape index (κ2) is 6.38. The lowest BCUT2D eigenvalue weighted by Gasteiger charge is -2.06. The molecule has 2 N–H and O–H groups in total. The zero-order valence-corrected chi connectivity index (χ0v) is 10.7. The normalized spacial score (nSPS) is 9.90. The third-order valence-corrected chi connectivity index (χ3v) is 2.47. The predicted octanol–water partition coefficient (Wildman–Crippen LogP) is 1.77. The van der Waals surface area contributed by atoms with Crippen LogP contribution in [-0.2, 0) is 9.53 Å². The summed E-state index contributed by atoms with van der Waals surface area (Å²) in [6, 6.07) is 8.54. The fourth-order valence-electron chi connectivity index (χ4n) is 1.49. The molecule has 1 amide bonds. The predicted molar refractivity (Wildman–Crippen MR) is 71.0 cm³/mol. The van der Waals surface area contributed by atoms with Crippen LogP contribution in [-0.4, -0.2) is 29.6 Å². The molecular weight excluding hydrogens is 278 g/mol. The van der Waals surface area contributed by atoms with Crippen molar-refractivity contribution in [3.63, 3.8) is 0 Å². The molecule has 0 unspecified atom stereocenters. The van der Waals surface area contributed by atoms with Crippen LogP contribution in [0.1, 0.15) is 20.9 Å². The Morgan fingerprint density at radius 3 is 2.43 bits per heavy atom. The fraction of sp³-hybridized carbons (Fsp3) is 0.0714. The Morgan fingerprint density at radius 2 is 1.86 bits per heavy atom. The number of nitrogens with one attached hydrogen (secondary N) is 1. The van der Waals surface area contributed by atoms with Gasteiger partial charge in [0.25, 0.3) is 5.91 Å². The second-order valence-electron chi connectivity index (χ2n) is 3.98. The van der Waals surface area contributed by atoms with Crippen molar-refractivity contribution >= 4 is 23.5 Å². The van der Waals surface area contributed by atoms with Crippen molar-refractivity contribution < 1.29 is 28.6 Å². The van der Waals surface area contributed by atoms with Crippen LogP contribution < -0.4 is 5.32 Å². The highest BCUT2D eigenvalue weighted by atomic mass is 16.5. The van der Waals surface area contributed by atoms with Crippen LogP contribution in [0.2, 0.25) is 0 Å². The third-order valence-electron chi connectivity index (χ3n) is 2.47. The summed E-state index contributed by atoms with van der Waals surface area (Å²) in [5.74, 6) is -2.33. The first-order valence-corrected chi connectivity index (χ1v) is 5.90. The van der Waals surface area contributed by atoms with Crippen LogP contribution in [0.4, 0.5) is 5.69 Å². The number of ether oxygens (including phenoxy) is 1. The standard InChI is InChI=1S/C14H11NO6/c16-12(8-21-14(19)11-2-1-7-20-11)15-10-5-3-9(4-6-10)13(17)18/h1-7H,8H2,(H,15,16)(H,17,18). The summed E-state index contributed by atoms with van der Waals surface area (Å²) in [7, 11) is 0. The van der Waals surface area contributed by atoms with Gasteiger partial charge in [-0.05, 0) is 36.4 Å². The van der Waals surface area contributed by atoms with Crippen LogP contribution >= 0.6 is 0 Å². The average molecular weight is 289 g/mol. The molecule has 108 valence electrons. The summed E-state index contributed by atoms with van der Waals surface area (Å²) in [5.41, 5.74) is 0.510. The molecule has 1 heterocycles. The maximum absolute atomic E-state index is 11.6. The summed E-state index contributed by atoms with van der Waals surface area (Å²) < 4.78 is 9.56. The van der Waals surface area contributed by atoms with Gasteiger partial charge in [0, 0.05) is 5.69 Å². The lowest BCUT2D eigenvalue weighted by molar-refractivity contribution is -0.119. The van der Waals surface area contributed by atoms with Crippen molar-refractivity contribution in [2.45, 2.75) is 0 Å². The van der Waals surface area contributed by atoms with E-state index in [0.717, 1.165) is 0 Å². The molecule has 2 rings (SSSR count). The lowest BCUT2D eigenvalue weighted by Crippen LogP contribution is -2.20. The van der Waals surface area contributed by atoms with Gasteiger partial charge in [0.2, 0.25) is 5.76 Å². The van der Waals surface area contributed by atoms with Crippen molar-refractivity contribution in [1.29, 1.82) is 0 Å². The number of hydrogen-bond donors (Lipinski definition) is 2. The number of carboxylic acid groups (broad SMARTS) is 1. The topological polar surface area (TPSA) is 106 Å².